The maximum atomic E-state index is 13.8. The van der Waals surface area contributed by atoms with E-state index in [1.54, 1.807) is 28.7 Å². The zero-order valence-electron chi connectivity index (χ0n) is 17.8. The largest absolute Gasteiger partial charge is 0.380 e. The van der Waals surface area contributed by atoms with Gasteiger partial charge in [0.2, 0.25) is 0 Å². The number of nitrogens with one attached hydrogen (secondary N) is 1. The maximum absolute atomic E-state index is 13.8. The molecule has 0 aromatic carbocycles. The Kier molecular flexibility index (Phi) is 4.67. The Morgan fingerprint density at radius 3 is 3.03 bits per heavy atom. The number of halogens is 1. The molecule has 166 valence electrons. The number of methoxy groups -OCH3 is 1. The number of hydrogen-bond donors (Lipinski definition) is 1. The SMILES string of the molecule is COCc1ccc2c(C(=O)N3CCc4[nH]cnc4[C@H]3c3cc4c(Cl)cccn4n3)cnn2c1. The van der Waals surface area contributed by atoms with E-state index in [9.17, 15) is 4.79 Å². The van der Waals surface area contributed by atoms with Gasteiger partial charge < -0.3 is 14.6 Å². The number of carbonyl (C=O) groups is 1. The van der Waals surface area contributed by atoms with Crippen LogP contribution in [-0.4, -0.2) is 53.7 Å². The topological polar surface area (TPSA) is 92.8 Å². The molecule has 0 saturated carbocycles. The Morgan fingerprint density at radius 1 is 1.27 bits per heavy atom. The minimum Gasteiger partial charge on any atom is -0.380 e. The Morgan fingerprint density at radius 2 is 2.18 bits per heavy atom. The van der Waals surface area contributed by atoms with Gasteiger partial charge in [-0.2, -0.15) is 10.2 Å². The lowest BCUT2D eigenvalue weighted by Crippen LogP contribution is -2.41. The third kappa shape index (κ3) is 3.20. The minimum atomic E-state index is -0.439. The molecule has 0 spiro atoms. The van der Waals surface area contributed by atoms with E-state index in [1.165, 1.54) is 0 Å². The van der Waals surface area contributed by atoms with Gasteiger partial charge in [0.05, 0.1) is 52.1 Å². The zero-order valence-corrected chi connectivity index (χ0v) is 18.5. The van der Waals surface area contributed by atoms with Gasteiger partial charge in [-0.1, -0.05) is 17.7 Å². The molecule has 1 N–H and O–H groups in total. The van der Waals surface area contributed by atoms with Crippen LogP contribution in [0, 0.1) is 0 Å². The Balaban J connectivity index is 1.44. The summed E-state index contributed by atoms with van der Waals surface area (Å²) >= 11 is 6.39. The molecule has 5 aromatic rings. The number of carbonyl (C=O) groups excluding carboxylic acids is 1. The molecule has 33 heavy (non-hydrogen) atoms. The van der Waals surface area contributed by atoms with E-state index in [2.05, 4.69) is 15.1 Å². The van der Waals surface area contributed by atoms with Gasteiger partial charge >= 0.3 is 0 Å². The van der Waals surface area contributed by atoms with Gasteiger partial charge in [0.1, 0.15) is 6.04 Å². The first-order chi connectivity index (χ1) is 16.1. The number of rotatable bonds is 4. The van der Waals surface area contributed by atoms with Crippen molar-refractivity contribution >= 4 is 28.5 Å². The van der Waals surface area contributed by atoms with Crippen LogP contribution in [0.4, 0.5) is 0 Å². The third-order valence-corrected chi connectivity index (χ3v) is 6.37. The average Bonchev–Trinajstić information content (AvgIpc) is 3.56. The van der Waals surface area contributed by atoms with Crippen molar-refractivity contribution < 1.29 is 9.53 Å². The van der Waals surface area contributed by atoms with E-state index in [0.29, 0.717) is 35.9 Å². The fourth-order valence-electron chi connectivity index (χ4n) is 4.53. The Labute approximate surface area is 193 Å². The molecule has 10 heteroatoms. The number of amides is 1. The molecule has 0 unspecified atom stereocenters. The first kappa shape index (κ1) is 20.0. The summed E-state index contributed by atoms with van der Waals surface area (Å²) in [5, 5.41) is 9.74. The average molecular weight is 462 g/mol. The lowest BCUT2D eigenvalue weighted by molar-refractivity contribution is 0.0689. The highest BCUT2D eigenvalue weighted by atomic mass is 35.5. The highest BCUT2D eigenvalue weighted by Gasteiger charge is 2.37. The molecule has 9 nitrogen and oxygen atoms in total. The Bertz CT molecular complexity index is 1500. The quantitative estimate of drug-likeness (QED) is 0.443. The number of nitrogens with zero attached hydrogens (tertiary/aromatic N) is 6. The summed E-state index contributed by atoms with van der Waals surface area (Å²) in [6, 6.07) is 8.99. The van der Waals surface area contributed by atoms with Crippen LogP contribution in [0.15, 0.2) is 55.2 Å². The third-order valence-electron chi connectivity index (χ3n) is 6.05. The monoisotopic (exact) mass is 461 g/mol. The van der Waals surface area contributed by atoms with Crippen LogP contribution < -0.4 is 0 Å². The highest BCUT2D eigenvalue weighted by molar-refractivity contribution is 6.33. The van der Waals surface area contributed by atoms with Gasteiger partial charge in [-0.3, -0.25) is 4.79 Å². The molecule has 0 aliphatic carbocycles. The zero-order chi connectivity index (χ0) is 22.5. The van der Waals surface area contributed by atoms with Crippen molar-refractivity contribution in [1.29, 1.82) is 0 Å². The molecule has 0 saturated heterocycles. The summed E-state index contributed by atoms with van der Waals surface area (Å²) < 4.78 is 8.65. The molecule has 6 heterocycles. The van der Waals surface area contributed by atoms with Crippen molar-refractivity contribution in [3.05, 3.63) is 88.5 Å². The summed E-state index contributed by atoms with van der Waals surface area (Å²) in [5.74, 6) is -0.119. The van der Waals surface area contributed by atoms with E-state index >= 15 is 0 Å². The molecular formula is C23H20ClN7O2. The minimum absolute atomic E-state index is 0.119. The first-order valence-electron chi connectivity index (χ1n) is 10.6. The van der Waals surface area contributed by atoms with Crippen molar-refractivity contribution in [3.8, 4) is 0 Å². The second-order valence-corrected chi connectivity index (χ2v) is 8.44. The second-order valence-electron chi connectivity index (χ2n) is 8.03. The smallest absolute Gasteiger partial charge is 0.258 e. The summed E-state index contributed by atoms with van der Waals surface area (Å²) in [5.41, 5.74) is 5.55. The van der Waals surface area contributed by atoms with Gasteiger partial charge in [0.25, 0.3) is 5.91 Å². The molecule has 5 aromatic heterocycles. The summed E-state index contributed by atoms with van der Waals surface area (Å²) in [7, 11) is 1.65. The highest BCUT2D eigenvalue weighted by Crippen LogP contribution is 2.35. The van der Waals surface area contributed by atoms with Gasteiger partial charge in [-0.05, 0) is 29.8 Å². The molecule has 1 aliphatic heterocycles. The van der Waals surface area contributed by atoms with E-state index in [-0.39, 0.29) is 5.91 Å². The lowest BCUT2D eigenvalue weighted by atomic mass is 9.98. The number of H-pyrrole nitrogens is 1. The van der Waals surface area contributed by atoms with Crippen LogP contribution in [0.5, 0.6) is 0 Å². The van der Waals surface area contributed by atoms with Crippen molar-refractivity contribution in [2.45, 2.75) is 19.1 Å². The molecule has 1 atom stereocenters. The van der Waals surface area contributed by atoms with E-state index in [1.807, 2.05) is 47.6 Å². The van der Waals surface area contributed by atoms with Crippen molar-refractivity contribution in [1.82, 2.24) is 34.1 Å². The standard InChI is InChI=1S/C23H20ClN7O2/c1-33-12-14-4-5-19-15(10-27-31(19)11-14)23(32)29-8-6-17-21(26-13-25-17)22(29)18-9-20-16(24)3-2-7-30(20)28-18/h2-5,7,9-11,13,22H,6,8,12H2,1H3,(H,25,26)/t22-/m1/s1. The van der Waals surface area contributed by atoms with Crippen LogP contribution in [0.25, 0.3) is 11.0 Å². The van der Waals surface area contributed by atoms with Crippen molar-refractivity contribution in [2.75, 3.05) is 13.7 Å². The molecular weight excluding hydrogens is 442 g/mol. The lowest BCUT2D eigenvalue weighted by Gasteiger charge is -2.33. The Hall–Kier alpha value is -3.69. The number of aromatic nitrogens is 6. The number of fused-ring (bicyclic) bond motifs is 3. The predicted molar refractivity (Wildman–Crippen MR) is 121 cm³/mol. The van der Waals surface area contributed by atoms with E-state index in [4.69, 9.17) is 21.4 Å². The summed E-state index contributed by atoms with van der Waals surface area (Å²) in [4.78, 5) is 23.4. The molecule has 0 fully saturated rings. The normalized spacial score (nSPS) is 15.9. The summed E-state index contributed by atoms with van der Waals surface area (Å²) in [6.07, 6.45) is 7.68. The van der Waals surface area contributed by atoms with Gasteiger partial charge in [-0.15, -0.1) is 0 Å². The maximum Gasteiger partial charge on any atom is 0.258 e. The number of aromatic amines is 1. The number of ether oxygens (including phenoxy) is 1. The predicted octanol–water partition coefficient (Wildman–Crippen LogP) is 3.29. The van der Waals surface area contributed by atoms with Crippen LogP contribution in [0.2, 0.25) is 5.02 Å². The van der Waals surface area contributed by atoms with E-state index < -0.39 is 6.04 Å². The fourth-order valence-corrected chi connectivity index (χ4v) is 4.74. The fraction of sp³-hybridized carbons (Fsp3) is 0.217. The molecule has 1 amide bonds. The second kappa shape index (κ2) is 7.72. The number of imidazole rings is 1. The van der Waals surface area contributed by atoms with Gasteiger partial charge in [-0.25, -0.2) is 14.0 Å². The van der Waals surface area contributed by atoms with Crippen molar-refractivity contribution in [3.63, 3.8) is 0 Å². The van der Waals surface area contributed by atoms with Crippen LogP contribution in [-0.2, 0) is 17.8 Å². The van der Waals surface area contributed by atoms with E-state index in [0.717, 1.165) is 28.0 Å². The van der Waals surface area contributed by atoms with Crippen LogP contribution >= 0.6 is 11.6 Å². The van der Waals surface area contributed by atoms with Crippen molar-refractivity contribution in [2.24, 2.45) is 0 Å². The summed E-state index contributed by atoms with van der Waals surface area (Å²) in [6.45, 7) is 1.01. The van der Waals surface area contributed by atoms with Gasteiger partial charge in [0, 0.05) is 38.2 Å². The molecule has 0 bridgehead atoms. The molecule has 6 rings (SSSR count). The molecule has 1 aliphatic rings. The first-order valence-corrected chi connectivity index (χ1v) is 10.9. The number of hydrogen-bond acceptors (Lipinski definition) is 5. The van der Waals surface area contributed by atoms with Crippen LogP contribution in [0.3, 0.4) is 0 Å². The van der Waals surface area contributed by atoms with Crippen LogP contribution in [0.1, 0.15) is 39.0 Å². The van der Waals surface area contributed by atoms with Gasteiger partial charge in [0.15, 0.2) is 0 Å². The molecule has 0 radical (unpaired) electrons. The number of pyridine rings is 2.